The maximum Gasteiger partial charge on any atom is 0.407 e. The minimum Gasteiger partial charge on any atom is -0.481 e. The summed E-state index contributed by atoms with van der Waals surface area (Å²) in [7, 11) is 0. The van der Waals surface area contributed by atoms with Crippen LogP contribution in [0, 0.1) is 5.92 Å². The number of hydrogen-bond donors (Lipinski definition) is 2. The summed E-state index contributed by atoms with van der Waals surface area (Å²) in [6.45, 7) is 0.815. The van der Waals surface area contributed by atoms with Gasteiger partial charge in [-0.25, -0.2) is 4.79 Å². The Kier molecular flexibility index (Phi) is 6.75. The molecule has 35 heavy (non-hydrogen) atoms. The van der Waals surface area contributed by atoms with E-state index < -0.39 is 18.1 Å². The van der Waals surface area contributed by atoms with Crippen LogP contribution in [-0.4, -0.2) is 53.2 Å². The van der Waals surface area contributed by atoms with Crippen LogP contribution >= 0.6 is 0 Å². The van der Waals surface area contributed by atoms with Crippen LogP contribution in [0.4, 0.5) is 4.79 Å². The molecule has 5 rings (SSSR count). The Morgan fingerprint density at radius 2 is 1.63 bits per heavy atom. The molecule has 2 atom stereocenters. The van der Waals surface area contributed by atoms with E-state index in [1.807, 2.05) is 24.3 Å². The number of nitrogens with one attached hydrogen (secondary N) is 1. The number of carboxylic acids is 1. The van der Waals surface area contributed by atoms with Gasteiger partial charge in [0.1, 0.15) is 12.6 Å². The van der Waals surface area contributed by atoms with Crippen molar-refractivity contribution < 1.29 is 24.2 Å². The summed E-state index contributed by atoms with van der Waals surface area (Å²) < 4.78 is 5.71. The summed E-state index contributed by atoms with van der Waals surface area (Å²) in [6.07, 6.45) is 4.43. The molecule has 7 heteroatoms. The van der Waals surface area contributed by atoms with E-state index in [9.17, 15) is 14.4 Å². The van der Waals surface area contributed by atoms with Gasteiger partial charge in [0, 0.05) is 24.9 Å². The summed E-state index contributed by atoms with van der Waals surface area (Å²) in [5.74, 6) is -0.888. The van der Waals surface area contributed by atoms with Crippen molar-refractivity contribution in [1.82, 2.24) is 10.2 Å². The molecule has 2 aromatic carbocycles. The molecule has 2 aromatic rings. The van der Waals surface area contributed by atoms with E-state index >= 15 is 0 Å². The molecule has 2 fully saturated rings. The second kappa shape index (κ2) is 10.1. The second-order valence-corrected chi connectivity index (χ2v) is 9.90. The van der Waals surface area contributed by atoms with Crippen LogP contribution in [0.1, 0.15) is 62.0 Å². The number of hydrogen-bond acceptors (Lipinski definition) is 4. The number of nitrogens with zero attached hydrogens (tertiary/aromatic N) is 1. The molecule has 2 amide bonds. The van der Waals surface area contributed by atoms with Crippen molar-refractivity contribution in [2.24, 2.45) is 5.92 Å². The predicted molar refractivity (Wildman–Crippen MR) is 131 cm³/mol. The smallest absolute Gasteiger partial charge is 0.407 e. The summed E-state index contributed by atoms with van der Waals surface area (Å²) in [6, 6.07) is 15.7. The zero-order valence-corrected chi connectivity index (χ0v) is 19.8. The third-order valence-electron chi connectivity index (χ3n) is 7.86. The molecular weight excluding hydrogens is 444 g/mol. The number of rotatable bonds is 8. The Bertz CT molecular complexity index is 1070. The Morgan fingerprint density at radius 3 is 2.23 bits per heavy atom. The first-order valence-corrected chi connectivity index (χ1v) is 12.7. The number of fused-ring (bicyclic) bond motifs is 3. The molecule has 0 bridgehead atoms. The number of alkyl carbamates (subject to hydrolysis) is 1. The molecule has 2 unspecified atom stereocenters. The van der Waals surface area contributed by atoms with Crippen molar-refractivity contribution in [3.63, 3.8) is 0 Å². The lowest BCUT2D eigenvalue weighted by molar-refractivity contribution is -0.140. The third-order valence-corrected chi connectivity index (χ3v) is 7.86. The SMILES string of the molecule is O=C(O)CCC1CCCN1C(=O)C(NC(=O)OCC1c2ccccc2-c2ccccc21)C1CCC1. The molecule has 1 saturated heterocycles. The predicted octanol–water partition coefficient (Wildman–Crippen LogP) is 4.55. The lowest BCUT2D eigenvalue weighted by atomic mass is 9.79. The topological polar surface area (TPSA) is 95.9 Å². The Hall–Kier alpha value is -3.35. The number of aliphatic carboxylic acids is 1. The van der Waals surface area contributed by atoms with E-state index in [1.165, 1.54) is 11.1 Å². The van der Waals surface area contributed by atoms with Crippen molar-refractivity contribution in [2.45, 2.75) is 62.9 Å². The van der Waals surface area contributed by atoms with E-state index in [4.69, 9.17) is 9.84 Å². The molecule has 1 aliphatic heterocycles. The first-order chi connectivity index (χ1) is 17.0. The van der Waals surface area contributed by atoms with E-state index in [1.54, 1.807) is 4.90 Å². The van der Waals surface area contributed by atoms with Gasteiger partial charge < -0.3 is 20.1 Å². The van der Waals surface area contributed by atoms with Crippen LogP contribution in [0.25, 0.3) is 11.1 Å². The zero-order valence-electron chi connectivity index (χ0n) is 19.8. The van der Waals surface area contributed by atoms with E-state index in [2.05, 4.69) is 29.6 Å². The minimum absolute atomic E-state index is 0.0371. The fraction of sp³-hybridized carbons (Fsp3) is 0.464. The van der Waals surface area contributed by atoms with Gasteiger partial charge in [-0.15, -0.1) is 0 Å². The molecule has 0 spiro atoms. The standard InChI is InChI=1S/C28H32N2O5/c31-25(32)15-14-19-9-6-16-30(19)27(33)26(18-7-5-8-18)29-28(34)35-17-24-22-12-3-1-10-20(22)21-11-2-4-13-23(21)24/h1-4,10-13,18-19,24,26H,5-9,14-17H2,(H,29,34)(H,31,32). The summed E-state index contributed by atoms with van der Waals surface area (Å²) >= 11 is 0. The van der Waals surface area contributed by atoms with Crippen LogP contribution in [0.15, 0.2) is 48.5 Å². The largest absolute Gasteiger partial charge is 0.481 e. The van der Waals surface area contributed by atoms with E-state index in [0.29, 0.717) is 13.0 Å². The maximum absolute atomic E-state index is 13.5. The van der Waals surface area contributed by atoms with Gasteiger partial charge in [0.15, 0.2) is 0 Å². The summed E-state index contributed by atoms with van der Waals surface area (Å²) in [4.78, 5) is 39.2. The van der Waals surface area contributed by atoms with Gasteiger partial charge >= 0.3 is 12.1 Å². The molecule has 7 nitrogen and oxygen atoms in total. The monoisotopic (exact) mass is 476 g/mol. The number of ether oxygens (including phenoxy) is 1. The van der Waals surface area contributed by atoms with Gasteiger partial charge in [0.05, 0.1) is 0 Å². The van der Waals surface area contributed by atoms with Crippen molar-refractivity contribution >= 4 is 18.0 Å². The summed E-state index contributed by atoms with van der Waals surface area (Å²) in [5.41, 5.74) is 4.63. The van der Waals surface area contributed by atoms with Crippen molar-refractivity contribution in [3.05, 3.63) is 59.7 Å². The Balaban J connectivity index is 1.25. The van der Waals surface area contributed by atoms with Crippen molar-refractivity contribution in [3.8, 4) is 11.1 Å². The number of amides is 2. The minimum atomic E-state index is -0.850. The van der Waals surface area contributed by atoms with Crippen LogP contribution in [0.2, 0.25) is 0 Å². The highest BCUT2D eigenvalue weighted by Gasteiger charge is 2.40. The summed E-state index contributed by atoms with van der Waals surface area (Å²) in [5, 5.41) is 11.9. The van der Waals surface area contributed by atoms with Crippen LogP contribution in [0.5, 0.6) is 0 Å². The first kappa shape index (κ1) is 23.4. The molecule has 1 saturated carbocycles. The van der Waals surface area contributed by atoms with Gasteiger partial charge in [-0.3, -0.25) is 9.59 Å². The molecule has 2 aliphatic carbocycles. The van der Waals surface area contributed by atoms with Crippen molar-refractivity contribution in [2.75, 3.05) is 13.2 Å². The van der Waals surface area contributed by atoms with Crippen molar-refractivity contribution in [1.29, 1.82) is 0 Å². The van der Waals surface area contributed by atoms with Crippen LogP contribution < -0.4 is 5.32 Å². The van der Waals surface area contributed by atoms with E-state index in [-0.39, 0.29) is 36.8 Å². The first-order valence-electron chi connectivity index (χ1n) is 12.7. The lowest BCUT2D eigenvalue weighted by Gasteiger charge is -2.37. The van der Waals surface area contributed by atoms with Gasteiger partial charge in [-0.1, -0.05) is 55.0 Å². The number of likely N-dealkylation sites (tertiary alicyclic amines) is 1. The molecular formula is C28H32N2O5. The maximum atomic E-state index is 13.5. The fourth-order valence-electron chi connectivity index (χ4n) is 5.82. The highest BCUT2D eigenvalue weighted by Crippen LogP contribution is 2.44. The molecule has 3 aliphatic rings. The highest BCUT2D eigenvalue weighted by molar-refractivity contribution is 5.87. The molecule has 2 N–H and O–H groups in total. The van der Waals surface area contributed by atoms with Gasteiger partial charge in [-0.05, 0) is 60.3 Å². The number of carbonyl (C=O) groups is 3. The average molecular weight is 477 g/mol. The number of carbonyl (C=O) groups excluding carboxylic acids is 2. The molecule has 184 valence electrons. The van der Waals surface area contributed by atoms with Gasteiger partial charge in [0.25, 0.3) is 0 Å². The molecule has 0 radical (unpaired) electrons. The zero-order chi connectivity index (χ0) is 24.4. The normalized spacial score (nSPS) is 20.0. The lowest BCUT2D eigenvalue weighted by Crippen LogP contribution is -2.55. The Labute approximate surface area is 205 Å². The average Bonchev–Trinajstić information content (AvgIpc) is 3.42. The van der Waals surface area contributed by atoms with Crippen LogP contribution in [0.3, 0.4) is 0 Å². The number of carboxylic acid groups (broad SMARTS) is 1. The quantitative estimate of drug-likeness (QED) is 0.583. The van der Waals surface area contributed by atoms with Gasteiger partial charge in [-0.2, -0.15) is 0 Å². The van der Waals surface area contributed by atoms with Gasteiger partial charge in [0.2, 0.25) is 5.91 Å². The molecule has 1 heterocycles. The second-order valence-electron chi connectivity index (χ2n) is 9.90. The van der Waals surface area contributed by atoms with Crippen LogP contribution in [-0.2, 0) is 14.3 Å². The Morgan fingerprint density at radius 1 is 0.971 bits per heavy atom. The fourth-order valence-corrected chi connectivity index (χ4v) is 5.82. The third kappa shape index (κ3) is 4.77. The number of benzene rings is 2. The molecule has 0 aromatic heterocycles. The highest BCUT2D eigenvalue weighted by atomic mass is 16.5. The van der Waals surface area contributed by atoms with E-state index in [0.717, 1.165) is 43.2 Å².